The number of benzene rings is 1. The van der Waals surface area contributed by atoms with Crippen LogP contribution in [0.2, 0.25) is 0 Å². The largest absolute Gasteiger partial charge is 0.396 e. The number of hydrogen-bond acceptors (Lipinski definition) is 3. The maximum atomic E-state index is 13.1. The molecule has 0 aromatic heterocycles. The van der Waals surface area contributed by atoms with Crippen LogP contribution in [0.15, 0.2) is 24.3 Å². The molecule has 0 radical (unpaired) electrons. The van der Waals surface area contributed by atoms with Gasteiger partial charge >= 0.3 is 0 Å². The summed E-state index contributed by atoms with van der Waals surface area (Å²) in [7, 11) is 0. The molecule has 1 aliphatic carbocycles. The summed E-state index contributed by atoms with van der Waals surface area (Å²) >= 11 is 0. The average Bonchev–Trinajstić information content (AvgIpc) is 2.80. The van der Waals surface area contributed by atoms with E-state index in [0.717, 1.165) is 19.3 Å². The normalized spacial score (nSPS) is 26.6. The first-order chi connectivity index (χ1) is 9.94. The fraction of sp³-hybridized carbons (Fsp3) is 0.562. The van der Waals surface area contributed by atoms with Crippen LogP contribution in [0.1, 0.15) is 44.3 Å². The number of hydrogen-bond donors (Lipinski definition) is 3. The maximum Gasteiger partial charge on any atom is 0.223 e. The first kappa shape index (κ1) is 15.9. The molecule has 1 saturated carbocycles. The molecule has 3 unspecified atom stereocenters. The number of carbonyl (C=O) groups is 1. The number of aliphatic hydroxyl groups is 2. The van der Waals surface area contributed by atoms with Gasteiger partial charge in [-0.3, -0.25) is 4.79 Å². The summed E-state index contributed by atoms with van der Waals surface area (Å²) in [6.07, 6.45) is 1.54. The van der Waals surface area contributed by atoms with Crippen molar-refractivity contribution in [3.8, 4) is 0 Å². The molecule has 0 bridgehead atoms. The number of amides is 1. The number of aliphatic hydroxyl groups excluding tert-OH is 2. The summed E-state index contributed by atoms with van der Waals surface area (Å²) in [6.45, 7) is 1.98. The molecule has 1 aromatic rings. The standard InChI is InChI=1S/C16H22FNO3/c1-16(10-19)7-3-6-14(16)18-15(21)9-13(20)11-4-2-5-12(17)8-11/h2,4-5,8,13-14,19-20H,3,6-7,9-10H2,1H3,(H,18,21). The Morgan fingerprint density at radius 1 is 1.57 bits per heavy atom. The highest BCUT2D eigenvalue weighted by atomic mass is 19.1. The molecule has 1 amide bonds. The Labute approximate surface area is 124 Å². The fourth-order valence-corrected chi connectivity index (χ4v) is 2.93. The van der Waals surface area contributed by atoms with Gasteiger partial charge < -0.3 is 15.5 Å². The molecule has 1 fully saturated rings. The minimum Gasteiger partial charge on any atom is -0.396 e. The second kappa shape index (κ2) is 6.54. The molecule has 21 heavy (non-hydrogen) atoms. The van der Waals surface area contributed by atoms with Crippen molar-refractivity contribution in [1.29, 1.82) is 0 Å². The third-order valence-electron chi connectivity index (χ3n) is 4.39. The average molecular weight is 295 g/mol. The Bertz CT molecular complexity index is 508. The van der Waals surface area contributed by atoms with E-state index in [4.69, 9.17) is 0 Å². The minimum atomic E-state index is -1.03. The highest BCUT2D eigenvalue weighted by molar-refractivity contribution is 5.77. The Morgan fingerprint density at radius 2 is 2.33 bits per heavy atom. The monoisotopic (exact) mass is 295 g/mol. The smallest absolute Gasteiger partial charge is 0.223 e. The lowest BCUT2D eigenvalue weighted by atomic mass is 9.85. The molecule has 116 valence electrons. The Morgan fingerprint density at radius 3 is 3.00 bits per heavy atom. The second-order valence-electron chi connectivity index (χ2n) is 6.10. The van der Waals surface area contributed by atoms with Gasteiger partial charge in [-0.15, -0.1) is 0 Å². The highest BCUT2D eigenvalue weighted by Gasteiger charge is 2.39. The van der Waals surface area contributed by atoms with Gasteiger partial charge in [-0.2, -0.15) is 0 Å². The van der Waals surface area contributed by atoms with Crippen molar-refractivity contribution in [1.82, 2.24) is 5.32 Å². The van der Waals surface area contributed by atoms with Crippen LogP contribution < -0.4 is 5.32 Å². The van der Waals surface area contributed by atoms with E-state index in [0.29, 0.717) is 5.56 Å². The van der Waals surface area contributed by atoms with E-state index in [2.05, 4.69) is 5.32 Å². The van der Waals surface area contributed by atoms with Crippen LogP contribution in [0.5, 0.6) is 0 Å². The molecule has 0 spiro atoms. The summed E-state index contributed by atoms with van der Waals surface area (Å²) in [5.74, 6) is -0.714. The summed E-state index contributed by atoms with van der Waals surface area (Å²) < 4.78 is 13.1. The van der Waals surface area contributed by atoms with Crippen molar-refractivity contribution in [2.75, 3.05) is 6.61 Å². The highest BCUT2D eigenvalue weighted by Crippen LogP contribution is 2.37. The van der Waals surface area contributed by atoms with Crippen LogP contribution in [0.4, 0.5) is 4.39 Å². The van der Waals surface area contributed by atoms with Crippen molar-refractivity contribution in [2.24, 2.45) is 5.41 Å². The summed E-state index contributed by atoms with van der Waals surface area (Å²) in [5.41, 5.74) is 0.0981. The third kappa shape index (κ3) is 3.80. The number of carbonyl (C=O) groups excluding carboxylic acids is 1. The van der Waals surface area contributed by atoms with Gasteiger partial charge in [0, 0.05) is 11.5 Å². The van der Waals surface area contributed by atoms with Crippen molar-refractivity contribution in [3.05, 3.63) is 35.6 Å². The van der Waals surface area contributed by atoms with Gasteiger partial charge in [-0.25, -0.2) is 4.39 Å². The summed E-state index contributed by atoms with van der Waals surface area (Å²) in [6, 6.07) is 5.54. The summed E-state index contributed by atoms with van der Waals surface area (Å²) in [4.78, 5) is 12.0. The van der Waals surface area contributed by atoms with Crippen LogP contribution in [0, 0.1) is 11.2 Å². The zero-order valence-electron chi connectivity index (χ0n) is 12.2. The van der Waals surface area contributed by atoms with E-state index in [9.17, 15) is 19.4 Å². The zero-order valence-corrected chi connectivity index (χ0v) is 12.2. The number of halogens is 1. The second-order valence-corrected chi connectivity index (χ2v) is 6.10. The molecule has 0 aliphatic heterocycles. The van der Waals surface area contributed by atoms with E-state index in [1.165, 1.54) is 18.2 Å². The van der Waals surface area contributed by atoms with Crippen LogP contribution in [-0.2, 0) is 4.79 Å². The topological polar surface area (TPSA) is 69.6 Å². The molecule has 1 aromatic carbocycles. The molecular weight excluding hydrogens is 273 g/mol. The van der Waals surface area contributed by atoms with Crippen molar-refractivity contribution in [2.45, 2.75) is 44.8 Å². The molecular formula is C16H22FNO3. The molecule has 3 N–H and O–H groups in total. The molecule has 2 rings (SSSR count). The molecule has 1 aliphatic rings. The van der Waals surface area contributed by atoms with Gasteiger partial charge in [0.2, 0.25) is 5.91 Å². The van der Waals surface area contributed by atoms with Crippen molar-refractivity contribution in [3.63, 3.8) is 0 Å². The Kier molecular flexibility index (Phi) is 4.96. The van der Waals surface area contributed by atoms with Gasteiger partial charge in [-0.1, -0.05) is 25.5 Å². The van der Waals surface area contributed by atoms with Gasteiger partial charge in [0.05, 0.1) is 19.1 Å². The van der Waals surface area contributed by atoms with Crippen LogP contribution in [-0.4, -0.2) is 28.8 Å². The predicted octanol–water partition coefficient (Wildman–Crippen LogP) is 1.92. The maximum absolute atomic E-state index is 13.1. The third-order valence-corrected chi connectivity index (χ3v) is 4.39. The van der Waals surface area contributed by atoms with Gasteiger partial charge in [0.1, 0.15) is 5.82 Å². The van der Waals surface area contributed by atoms with Crippen molar-refractivity contribution < 1.29 is 19.4 Å². The van der Waals surface area contributed by atoms with E-state index in [1.54, 1.807) is 6.07 Å². The van der Waals surface area contributed by atoms with E-state index >= 15 is 0 Å². The first-order valence-corrected chi connectivity index (χ1v) is 7.28. The van der Waals surface area contributed by atoms with Gasteiger partial charge in [0.15, 0.2) is 0 Å². The zero-order chi connectivity index (χ0) is 15.5. The lowest BCUT2D eigenvalue weighted by Gasteiger charge is -2.30. The fourth-order valence-electron chi connectivity index (χ4n) is 2.93. The quantitative estimate of drug-likeness (QED) is 0.777. The minimum absolute atomic E-state index is 0.0321. The molecule has 3 atom stereocenters. The SMILES string of the molecule is CC1(CO)CCCC1NC(=O)CC(O)c1cccc(F)c1. The predicted molar refractivity (Wildman–Crippen MR) is 77.0 cm³/mol. The lowest BCUT2D eigenvalue weighted by Crippen LogP contribution is -2.45. The lowest BCUT2D eigenvalue weighted by molar-refractivity contribution is -0.124. The van der Waals surface area contributed by atoms with Gasteiger partial charge in [-0.05, 0) is 30.5 Å². The number of nitrogens with one attached hydrogen (secondary N) is 1. The molecule has 4 nitrogen and oxygen atoms in total. The Hall–Kier alpha value is -1.46. The first-order valence-electron chi connectivity index (χ1n) is 7.28. The van der Waals surface area contributed by atoms with Crippen molar-refractivity contribution >= 4 is 5.91 Å². The van der Waals surface area contributed by atoms with Gasteiger partial charge in [0.25, 0.3) is 0 Å². The van der Waals surface area contributed by atoms with E-state index < -0.39 is 11.9 Å². The van der Waals surface area contributed by atoms with Crippen LogP contribution in [0.3, 0.4) is 0 Å². The molecule has 0 saturated heterocycles. The number of rotatable bonds is 5. The molecule has 0 heterocycles. The summed E-state index contributed by atoms with van der Waals surface area (Å²) in [5, 5.41) is 22.3. The van der Waals surface area contributed by atoms with Crippen LogP contribution >= 0.6 is 0 Å². The van der Waals surface area contributed by atoms with E-state index in [-0.39, 0.29) is 30.4 Å². The van der Waals surface area contributed by atoms with E-state index in [1.807, 2.05) is 6.92 Å². The van der Waals surface area contributed by atoms with Crippen LogP contribution in [0.25, 0.3) is 0 Å². The Balaban J connectivity index is 1.93. The molecule has 5 heteroatoms.